The highest BCUT2D eigenvalue weighted by Gasteiger charge is 2.18. The molecule has 0 saturated carbocycles. The predicted octanol–water partition coefficient (Wildman–Crippen LogP) is 2.18. The van der Waals surface area contributed by atoms with Crippen molar-refractivity contribution in [2.45, 2.75) is 13.8 Å². The molecule has 1 aliphatic rings. The number of anilines is 1. The largest absolute Gasteiger partial charge is 0.497 e. The Kier molecular flexibility index (Phi) is 4.24. The molecular weight excluding hydrogens is 276 g/mol. The zero-order valence-electron chi connectivity index (χ0n) is 13.4. The molecule has 2 heterocycles. The van der Waals surface area contributed by atoms with Crippen molar-refractivity contribution in [2.24, 2.45) is 0 Å². The molecule has 0 amide bonds. The van der Waals surface area contributed by atoms with Crippen LogP contribution in [0, 0.1) is 13.8 Å². The first kappa shape index (κ1) is 14.8. The third kappa shape index (κ3) is 2.90. The molecule has 0 bridgehead atoms. The van der Waals surface area contributed by atoms with Crippen molar-refractivity contribution in [3.8, 4) is 17.1 Å². The summed E-state index contributed by atoms with van der Waals surface area (Å²) in [4.78, 5) is 11.8. The zero-order chi connectivity index (χ0) is 15.5. The lowest BCUT2D eigenvalue weighted by molar-refractivity contribution is 0.415. The number of nitrogens with one attached hydrogen (secondary N) is 1. The topological polar surface area (TPSA) is 50.3 Å². The third-order valence-electron chi connectivity index (χ3n) is 4.01. The van der Waals surface area contributed by atoms with Crippen molar-refractivity contribution in [3.05, 3.63) is 35.7 Å². The van der Waals surface area contributed by atoms with Crippen LogP contribution < -0.4 is 15.0 Å². The minimum atomic E-state index is 0.775. The SMILES string of the molecule is COc1ccc(-c2nc(C)c(N3CCNCC3)c(C)n2)cc1. The number of piperazine rings is 1. The highest BCUT2D eigenvalue weighted by molar-refractivity contribution is 5.62. The number of hydrogen-bond donors (Lipinski definition) is 1. The Hall–Kier alpha value is -2.14. The highest BCUT2D eigenvalue weighted by Crippen LogP contribution is 2.26. The standard InChI is InChI=1S/C17H22N4O/c1-12-16(21-10-8-18-9-11-21)13(2)20-17(19-12)14-4-6-15(22-3)7-5-14/h4-7,18H,8-11H2,1-3H3. The lowest BCUT2D eigenvalue weighted by Gasteiger charge is -2.31. The Balaban J connectivity index is 1.93. The summed E-state index contributed by atoms with van der Waals surface area (Å²) in [5.41, 5.74) is 4.28. The van der Waals surface area contributed by atoms with Crippen molar-refractivity contribution in [3.63, 3.8) is 0 Å². The van der Waals surface area contributed by atoms with E-state index >= 15 is 0 Å². The van der Waals surface area contributed by atoms with E-state index in [1.165, 1.54) is 5.69 Å². The first-order valence-corrected chi connectivity index (χ1v) is 7.64. The quantitative estimate of drug-likeness (QED) is 0.941. The fourth-order valence-corrected chi connectivity index (χ4v) is 2.93. The number of methoxy groups -OCH3 is 1. The maximum Gasteiger partial charge on any atom is 0.159 e. The van der Waals surface area contributed by atoms with Gasteiger partial charge in [-0.1, -0.05) is 0 Å². The molecule has 1 fully saturated rings. The summed E-state index contributed by atoms with van der Waals surface area (Å²) in [5, 5.41) is 3.38. The number of rotatable bonds is 3. The van der Waals surface area contributed by atoms with Crippen LogP contribution in [0.1, 0.15) is 11.4 Å². The number of aryl methyl sites for hydroxylation is 2. The van der Waals surface area contributed by atoms with E-state index in [0.717, 1.165) is 54.7 Å². The average molecular weight is 298 g/mol. The van der Waals surface area contributed by atoms with Crippen molar-refractivity contribution < 1.29 is 4.74 Å². The maximum atomic E-state index is 5.20. The van der Waals surface area contributed by atoms with Gasteiger partial charge in [-0.25, -0.2) is 9.97 Å². The molecule has 116 valence electrons. The summed E-state index contributed by atoms with van der Waals surface area (Å²) in [6.07, 6.45) is 0. The van der Waals surface area contributed by atoms with Crippen LogP contribution >= 0.6 is 0 Å². The van der Waals surface area contributed by atoms with E-state index in [1.54, 1.807) is 7.11 Å². The second kappa shape index (κ2) is 6.32. The number of nitrogens with zero attached hydrogens (tertiary/aromatic N) is 3. The van der Waals surface area contributed by atoms with Crippen LogP contribution in [0.2, 0.25) is 0 Å². The van der Waals surface area contributed by atoms with E-state index in [9.17, 15) is 0 Å². The summed E-state index contributed by atoms with van der Waals surface area (Å²) in [7, 11) is 1.67. The van der Waals surface area contributed by atoms with Gasteiger partial charge in [-0.05, 0) is 38.1 Å². The minimum Gasteiger partial charge on any atom is -0.497 e. The van der Waals surface area contributed by atoms with Gasteiger partial charge in [0, 0.05) is 31.7 Å². The van der Waals surface area contributed by atoms with Crippen molar-refractivity contribution in [2.75, 3.05) is 38.2 Å². The van der Waals surface area contributed by atoms with Crippen LogP contribution in [-0.4, -0.2) is 43.3 Å². The van der Waals surface area contributed by atoms with Crippen LogP contribution in [0.5, 0.6) is 5.75 Å². The van der Waals surface area contributed by atoms with Gasteiger partial charge in [-0.15, -0.1) is 0 Å². The van der Waals surface area contributed by atoms with Gasteiger partial charge < -0.3 is 15.0 Å². The number of hydrogen-bond acceptors (Lipinski definition) is 5. The summed E-state index contributed by atoms with van der Waals surface area (Å²) in [5.74, 6) is 1.62. The Morgan fingerprint density at radius 1 is 1.00 bits per heavy atom. The average Bonchev–Trinajstić information content (AvgIpc) is 2.55. The molecule has 0 unspecified atom stereocenters. The number of aromatic nitrogens is 2. The van der Waals surface area contributed by atoms with Crippen molar-refractivity contribution in [1.29, 1.82) is 0 Å². The van der Waals surface area contributed by atoms with Crippen molar-refractivity contribution >= 4 is 5.69 Å². The molecule has 1 aromatic carbocycles. The van der Waals surface area contributed by atoms with Crippen LogP contribution in [0.3, 0.4) is 0 Å². The zero-order valence-corrected chi connectivity index (χ0v) is 13.4. The molecule has 22 heavy (non-hydrogen) atoms. The molecule has 3 rings (SSSR count). The number of ether oxygens (including phenoxy) is 1. The van der Waals surface area contributed by atoms with Crippen LogP contribution in [-0.2, 0) is 0 Å². The molecule has 5 heteroatoms. The van der Waals surface area contributed by atoms with Gasteiger partial charge in [0.15, 0.2) is 5.82 Å². The van der Waals surface area contributed by atoms with Gasteiger partial charge in [0.1, 0.15) is 5.75 Å². The smallest absolute Gasteiger partial charge is 0.159 e. The van der Waals surface area contributed by atoms with Gasteiger partial charge in [0.25, 0.3) is 0 Å². The van der Waals surface area contributed by atoms with Crippen LogP contribution in [0.15, 0.2) is 24.3 Å². The molecule has 1 aliphatic heterocycles. The van der Waals surface area contributed by atoms with Crippen LogP contribution in [0.25, 0.3) is 11.4 Å². The number of benzene rings is 1. The second-order valence-electron chi connectivity index (χ2n) is 5.53. The van der Waals surface area contributed by atoms with Crippen LogP contribution in [0.4, 0.5) is 5.69 Å². The van der Waals surface area contributed by atoms with E-state index in [1.807, 2.05) is 24.3 Å². The summed E-state index contributed by atoms with van der Waals surface area (Å²) in [6, 6.07) is 7.87. The van der Waals surface area contributed by atoms with Gasteiger partial charge in [0.2, 0.25) is 0 Å². The lowest BCUT2D eigenvalue weighted by atomic mass is 10.1. The van der Waals surface area contributed by atoms with Gasteiger partial charge >= 0.3 is 0 Å². The minimum absolute atomic E-state index is 0.775. The molecule has 0 aliphatic carbocycles. The normalized spacial score (nSPS) is 15.0. The summed E-state index contributed by atoms with van der Waals surface area (Å²) >= 11 is 0. The van der Waals surface area contributed by atoms with E-state index in [0.29, 0.717) is 0 Å². The predicted molar refractivity (Wildman–Crippen MR) is 88.6 cm³/mol. The first-order chi connectivity index (χ1) is 10.7. The van der Waals surface area contributed by atoms with E-state index in [2.05, 4.69) is 24.1 Å². The second-order valence-corrected chi connectivity index (χ2v) is 5.53. The summed E-state index contributed by atoms with van der Waals surface area (Å²) < 4.78 is 5.20. The molecule has 0 atom stereocenters. The molecule has 1 saturated heterocycles. The van der Waals surface area contributed by atoms with Gasteiger partial charge in [0.05, 0.1) is 24.2 Å². The van der Waals surface area contributed by atoms with E-state index in [4.69, 9.17) is 14.7 Å². The molecule has 1 aromatic heterocycles. The van der Waals surface area contributed by atoms with Gasteiger partial charge in [-0.3, -0.25) is 0 Å². The lowest BCUT2D eigenvalue weighted by Crippen LogP contribution is -2.44. The molecular formula is C17H22N4O. The third-order valence-corrected chi connectivity index (χ3v) is 4.01. The fourth-order valence-electron chi connectivity index (χ4n) is 2.93. The fraction of sp³-hybridized carbons (Fsp3) is 0.412. The Morgan fingerprint density at radius 3 is 2.14 bits per heavy atom. The molecule has 5 nitrogen and oxygen atoms in total. The van der Waals surface area contributed by atoms with Gasteiger partial charge in [-0.2, -0.15) is 0 Å². The molecule has 0 radical (unpaired) electrons. The monoisotopic (exact) mass is 298 g/mol. The van der Waals surface area contributed by atoms with E-state index < -0.39 is 0 Å². The highest BCUT2D eigenvalue weighted by atomic mass is 16.5. The molecule has 2 aromatic rings. The first-order valence-electron chi connectivity index (χ1n) is 7.64. The Labute approximate surface area is 131 Å². The van der Waals surface area contributed by atoms with E-state index in [-0.39, 0.29) is 0 Å². The Morgan fingerprint density at radius 2 is 1.59 bits per heavy atom. The molecule has 1 N–H and O–H groups in total. The molecule has 0 spiro atoms. The maximum absolute atomic E-state index is 5.20. The Bertz CT molecular complexity index is 625. The summed E-state index contributed by atoms with van der Waals surface area (Å²) in [6.45, 7) is 8.18. The van der Waals surface area contributed by atoms with Crippen molar-refractivity contribution in [1.82, 2.24) is 15.3 Å².